The van der Waals surface area contributed by atoms with Gasteiger partial charge in [0.15, 0.2) is 5.69 Å². The van der Waals surface area contributed by atoms with Crippen molar-refractivity contribution in [3.05, 3.63) is 41.2 Å². The van der Waals surface area contributed by atoms with E-state index < -0.39 is 0 Å². The number of para-hydroxylation sites is 1. The number of hydrogen-bond acceptors (Lipinski definition) is 3. The molecule has 20 heavy (non-hydrogen) atoms. The average molecular weight is 270 g/mol. The number of H-pyrrole nitrogens is 1. The van der Waals surface area contributed by atoms with Crippen LogP contribution in [0.3, 0.4) is 0 Å². The molecule has 1 aliphatic heterocycles. The highest BCUT2D eigenvalue weighted by Gasteiger charge is 2.28. The van der Waals surface area contributed by atoms with E-state index in [1.807, 2.05) is 18.2 Å². The van der Waals surface area contributed by atoms with Crippen molar-refractivity contribution in [3.63, 3.8) is 0 Å². The van der Waals surface area contributed by atoms with Crippen molar-refractivity contribution in [2.75, 3.05) is 17.2 Å². The summed E-state index contributed by atoms with van der Waals surface area (Å²) in [6.07, 6.45) is 2.66. The zero-order valence-electron chi connectivity index (χ0n) is 11.5. The molecule has 0 atom stereocenters. The molecule has 3 rings (SSSR count). The van der Waals surface area contributed by atoms with Gasteiger partial charge in [0.05, 0.1) is 11.4 Å². The number of anilines is 2. The zero-order chi connectivity index (χ0) is 14.1. The minimum atomic E-state index is -0.119. The van der Waals surface area contributed by atoms with Gasteiger partial charge in [0.1, 0.15) is 0 Å². The summed E-state index contributed by atoms with van der Waals surface area (Å²) in [5.74, 6) is -0.119. The lowest BCUT2D eigenvalue weighted by molar-refractivity contribution is 0.0985. The molecule has 1 aromatic carbocycles. The fourth-order valence-corrected chi connectivity index (χ4v) is 2.67. The van der Waals surface area contributed by atoms with Crippen LogP contribution >= 0.6 is 0 Å². The first-order chi connectivity index (χ1) is 9.72. The van der Waals surface area contributed by atoms with E-state index in [2.05, 4.69) is 23.2 Å². The number of aryl methyl sites for hydroxylation is 1. The number of carbonyl (C=O) groups is 1. The maximum absolute atomic E-state index is 12.6. The van der Waals surface area contributed by atoms with Crippen molar-refractivity contribution < 1.29 is 4.79 Å². The van der Waals surface area contributed by atoms with Gasteiger partial charge in [-0.15, -0.1) is 0 Å². The number of aromatic nitrogens is 2. The monoisotopic (exact) mass is 270 g/mol. The van der Waals surface area contributed by atoms with Crippen molar-refractivity contribution in [2.45, 2.75) is 26.2 Å². The van der Waals surface area contributed by atoms with Gasteiger partial charge in [0.2, 0.25) is 0 Å². The third kappa shape index (κ3) is 1.95. The smallest absolute Gasteiger partial charge is 0.280 e. The van der Waals surface area contributed by atoms with Crippen LogP contribution in [0, 0.1) is 0 Å². The van der Waals surface area contributed by atoms with Gasteiger partial charge < -0.3 is 10.6 Å². The minimum Gasteiger partial charge on any atom is -0.395 e. The number of nitrogen functional groups attached to an aromatic ring is 1. The van der Waals surface area contributed by atoms with Gasteiger partial charge in [-0.3, -0.25) is 9.89 Å². The standard InChI is InChI=1S/C15H18N4O/c1-2-5-11-13(16)14(18-17-11)15(20)19-9-8-10-6-3-4-7-12(10)19/h3-4,6-7H,2,5,8-9,16H2,1H3,(H,17,18). The second kappa shape index (κ2) is 5.00. The van der Waals surface area contributed by atoms with Crippen LogP contribution in [0.15, 0.2) is 24.3 Å². The number of carbonyl (C=O) groups excluding carboxylic acids is 1. The topological polar surface area (TPSA) is 75.0 Å². The average Bonchev–Trinajstić information content (AvgIpc) is 3.04. The fourth-order valence-electron chi connectivity index (χ4n) is 2.67. The van der Waals surface area contributed by atoms with Gasteiger partial charge in [0, 0.05) is 12.2 Å². The van der Waals surface area contributed by atoms with Crippen LogP contribution in [-0.2, 0) is 12.8 Å². The molecule has 1 aromatic heterocycles. The number of rotatable bonds is 3. The highest BCUT2D eigenvalue weighted by molar-refractivity contribution is 6.09. The molecular weight excluding hydrogens is 252 g/mol. The van der Waals surface area contributed by atoms with Crippen molar-refractivity contribution in [2.24, 2.45) is 0 Å². The molecule has 0 unspecified atom stereocenters. The van der Waals surface area contributed by atoms with Gasteiger partial charge in [-0.05, 0) is 24.5 Å². The number of amides is 1. The molecule has 2 heterocycles. The van der Waals surface area contributed by atoms with Crippen LogP contribution in [0.25, 0.3) is 0 Å². The van der Waals surface area contributed by atoms with E-state index in [9.17, 15) is 4.79 Å². The summed E-state index contributed by atoms with van der Waals surface area (Å²) in [5, 5.41) is 6.99. The second-order valence-corrected chi connectivity index (χ2v) is 5.05. The fraction of sp³-hybridized carbons (Fsp3) is 0.333. The van der Waals surface area contributed by atoms with E-state index in [4.69, 9.17) is 5.73 Å². The third-order valence-electron chi connectivity index (χ3n) is 3.72. The van der Waals surface area contributed by atoms with Crippen molar-refractivity contribution >= 4 is 17.3 Å². The Bertz CT molecular complexity index is 647. The largest absolute Gasteiger partial charge is 0.395 e. The molecule has 1 amide bonds. The molecule has 104 valence electrons. The Morgan fingerprint density at radius 3 is 3.05 bits per heavy atom. The van der Waals surface area contributed by atoms with Crippen LogP contribution < -0.4 is 10.6 Å². The predicted molar refractivity (Wildman–Crippen MR) is 78.8 cm³/mol. The Balaban J connectivity index is 1.91. The maximum atomic E-state index is 12.6. The lowest BCUT2D eigenvalue weighted by Gasteiger charge is -2.16. The van der Waals surface area contributed by atoms with E-state index >= 15 is 0 Å². The van der Waals surface area contributed by atoms with Gasteiger partial charge in [-0.25, -0.2) is 0 Å². The van der Waals surface area contributed by atoms with Crippen molar-refractivity contribution in [3.8, 4) is 0 Å². The Hall–Kier alpha value is -2.30. The predicted octanol–water partition coefficient (Wildman–Crippen LogP) is 2.15. The van der Waals surface area contributed by atoms with Gasteiger partial charge in [-0.1, -0.05) is 31.5 Å². The van der Waals surface area contributed by atoms with Crippen LogP contribution in [0.5, 0.6) is 0 Å². The normalized spacial score (nSPS) is 13.6. The number of nitrogens with two attached hydrogens (primary N) is 1. The Labute approximate surface area is 117 Å². The molecule has 1 aliphatic rings. The molecule has 5 heteroatoms. The van der Waals surface area contributed by atoms with E-state index in [-0.39, 0.29) is 5.91 Å². The zero-order valence-corrected chi connectivity index (χ0v) is 11.5. The summed E-state index contributed by atoms with van der Waals surface area (Å²) in [6, 6.07) is 7.96. The highest BCUT2D eigenvalue weighted by Crippen LogP contribution is 2.29. The molecule has 2 aromatic rings. The quantitative estimate of drug-likeness (QED) is 0.897. The molecule has 5 nitrogen and oxygen atoms in total. The number of nitrogens with zero attached hydrogens (tertiary/aromatic N) is 2. The van der Waals surface area contributed by atoms with Gasteiger partial charge >= 0.3 is 0 Å². The number of aromatic amines is 1. The van der Waals surface area contributed by atoms with E-state index in [1.165, 1.54) is 5.56 Å². The maximum Gasteiger partial charge on any atom is 0.280 e. The molecule has 3 N–H and O–H groups in total. The Morgan fingerprint density at radius 2 is 2.25 bits per heavy atom. The number of benzene rings is 1. The lowest BCUT2D eigenvalue weighted by atomic mass is 10.1. The SMILES string of the molecule is CCCc1[nH]nc(C(=O)N2CCc3ccccc32)c1N. The minimum absolute atomic E-state index is 0.119. The summed E-state index contributed by atoms with van der Waals surface area (Å²) >= 11 is 0. The Morgan fingerprint density at radius 1 is 1.45 bits per heavy atom. The van der Waals surface area contributed by atoms with Gasteiger partial charge in [-0.2, -0.15) is 5.10 Å². The van der Waals surface area contributed by atoms with Crippen molar-refractivity contribution in [1.29, 1.82) is 0 Å². The third-order valence-corrected chi connectivity index (χ3v) is 3.72. The molecule has 0 bridgehead atoms. The first-order valence-electron chi connectivity index (χ1n) is 6.95. The number of nitrogens with one attached hydrogen (secondary N) is 1. The summed E-state index contributed by atoms with van der Waals surface area (Å²) in [4.78, 5) is 14.4. The lowest BCUT2D eigenvalue weighted by Crippen LogP contribution is -2.29. The van der Waals surface area contributed by atoms with Gasteiger partial charge in [0.25, 0.3) is 5.91 Å². The highest BCUT2D eigenvalue weighted by atomic mass is 16.2. The van der Waals surface area contributed by atoms with E-state index in [1.54, 1.807) is 4.90 Å². The molecule has 0 aliphatic carbocycles. The summed E-state index contributed by atoms with van der Waals surface area (Å²) in [6.45, 7) is 2.76. The molecule has 0 fully saturated rings. The van der Waals surface area contributed by atoms with Crippen LogP contribution in [-0.4, -0.2) is 22.6 Å². The summed E-state index contributed by atoms with van der Waals surface area (Å²) < 4.78 is 0. The molecule has 0 saturated carbocycles. The number of hydrogen-bond donors (Lipinski definition) is 2. The first-order valence-corrected chi connectivity index (χ1v) is 6.95. The molecule has 0 radical (unpaired) electrons. The Kier molecular flexibility index (Phi) is 3.18. The first kappa shape index (κ1) is 12.7. The second-order valence-electron chi connectivity index (χ2n) is 5.05. The van der Waals surface area contributed by atoms with Crippen LogP contribution in [0.4, 0.5) is 11.4 Å². The van der Waals surface area contributed by atoms with E-state index in [0.717, 1.165) is 30.6 Å². The van der Waals surface area contributed by atoms with E-state index in [0.29, 0.717) is 17.9 Å². The summed E-state index contributed by atoms with van der Waals surface area (Å²) in [7, 11) is 0. The molecule has 0 saturated heterocycles. The van der Waals surface area contributed by atoms with Crippen molar-refractivity contribution in [1.82, 2.24) is 10.2 Å². The van der Waals surface area contributed by atoms with Crippen LogP contribution in [0.1, 0.15) is 35.1 Å². The molecule has 0 spiro atoms. The number of fused-ring (bicyclic) bond motifs is 1. The summed E-state index contributed by atoms with van der Waals surface area (Å²) in [5.41, 5.74) is 9.88. The van der Waals surface area contributed by atoms with Crippen LogP contribution in [0.2, 0.25) is 0 Å². The molecular formula is C15H18N4O.